The van der Waals surface area contributed by atoms with Gasteiger partial charge in [0, 0.05) is 10.6 Å². The summed E-state index contributed by atoms with van der Waals surface area (Å²) < 4.78 is 0.806. The minimum atomic E-state index is -0.804. The number of rotatable bonds is 3. The normalized spacial score (nSPS) is 17.8. The lowest BCUT2D eigenvalue weighted by atomic mass is 9.93. The highest BCUT2D eigenvalue weighted by molar-refractivity contribution is 7.22. The molecule has 0 bridgehead atoms. The van der Waals surface area contributed by atoms with E-state index in [9.17, 15) is 14.7 Å². The van der Waals surface area contributed by atoms with E-state index in [1.807, 2.05) is 62.4 Å². The second kappa shape index (κ2) is 8.14. The molecule has 4 aromatic rings. The van der Waals surface area contributed by atoms with Crippen LogP contribution in [0, 0.1) is 13.8 Å². The Bertz CT molecular complexity index is 1460. The average molecular weight is 475 g/mol. The number of ketones is 1. The molecule has 1 unspecified atom stereocenters. The van der Waals surface area contributed by atoms with E-state index in [2.05, 4.69) is 4.98 Å². The molecular formula is C26H19ClN2O3S. The largest absolute Gasteiger partial charge is 0.507 e. The lowest BCUT2D eigenvalue weighted by Gasteiger charge is -2.23. The average Bonchev–Trinajstić information content (AvgIpc) is 3.33. The van der Waals surface area contributed by atoms with Crippen LogP contribution in [-0.2, 0) is 9.59 Å². The Kier molecular flexibility index (Phi) is 5.27. The van der Waals surface area contributed by atoms with Crippen molar-refractivity contribution >= 4 is 55.7 Å². The highest BCUT2D eigenvalue weighted by Gasteiger charge is 2.48. The quantitative estimate of drug-likeness (QED) is 0.218. The maximum absolute atomic E-state index is 13.3. The van der Waals surface area contributed by atoms with Gasteiger partial charge < -0.3 is 5.11 Å². The summed E-state index contributed by atoms with van der Waals surface area (Å²) in [6.07, 6.45) is 0. The molecule has 5 rings (SSSR count). The first-order chi connectivity index (χ1) is 15.8. The Hall–Kier alpha value is -3.48. The summed E-state index contributed by atoms with van der Waals surface area (Å²) in [5, 5.41) is 12.3. The summed E-state index contributed by atoms with van der Waals surface area (Å²) in [6, 6.07) is 19.3. The van der Waals surface area contributed by atoms with Gasteiger partial charge in [-0.3, -0.25) is 14.5 Å². The van der Waals surface area contributed by atoms with E-state index < -0.39 is 17.7 Å². The molecule has 0 aliphatic carbocycles. The number of nitrogens with zero attached hydrogens (tertiary/aromatic N) is 2. The SMILES string of the molecule is Cc1ccc(C)c(/C(O)=C2\C(=O)C(=O)N(c3nc4ccc(Cl)cc4s3)C2c2ccccc2)c1. The van der Waals surface area contributed by atoms with E-state index in [-0.39, 0.29) is 11.3 Å². The van der Waals surface area contributed by atoms with Crippen molar-refractivity contribution in [2.45, 2.75) is 19.9 Å². The highest BCUT2D eigenvalue weighted by atomic mass is 35.5. The Balaban J connectivity index is 1.75. The molecule has 3 aromatic carbocycles. The number of aliphatic hydroxyl groups excluding tert-OH is 1. The van der Waals surface area contributed by atoms with Gasteiger partial charge in [0.2, 0.25) is 0 Å². The minimum Gasteiger partial charge on any atom is -0.507 e. The molecule has 164 valence electrons. The van der Waals surface area contributed by atoms with Crippen LogP contribution in [0.15, 0.2) is 72.3 Å². The maximum Gasteiger partial charge on any atom is 0.301 e. The van der Waals surface area contributed by atoms with Crippen LogP contribution in [0.2, 0.25) is 5.02 Å². The lowest BCUT2D eigenvalue weighted by Crippen LogP contribution is -2.29. The molecule has 2 heterocycles. The monoisotopic (exact) mass is 474 g/mol. The molecule has 0 saturated carbocycles. The number of aromatic nitrogens is 1. The molecule has 1 saturated heterocycles. The summed E-state index contributed by atoms with van der Waals surface area (Å²) in [4.78, 5) is 32.6. The van der Waals surface area contributed by atoms with Crippen LogP contribution in [0.1, 0.15) is 28.3 Å². The second-order valence-corrected chi connectivity index (χ2v) is 9.45. The number of carbonyl (C=O) groups excluding carboxylic acids is 2. The molecule has 7 heteroatoms. The molecule has 1 aliphatic rings. The van der Waals surface area contributed by atoms with Crippen molar-refractivity contribution in [3.63, 3.8) is 0 Å². The fourth-order valence-electron chi connectivity index (χ4n) is 4.11. The zero-order valence-electron chi connectivity index (χ0n) is 17.9. The molecule has 5 nitrogen and oxygen atoms in total. The maximum atomic E-state index is 13.3. The summed E-state index contributed by atoms with van der Waals surface area (Å²) in [5.74, 6) is -1.64. The topological polar surface area (TPSA) is 70.5 Å². The van der Waals surface area contributed by atoms with Crippen LogP contribution in [0.25, 0.3) is 16.0 Å². The Labute approximate surface area is 199 Å². The number of thiazole rings is 1. The van der Waals surface area contributed by atoms with Gasteiger partial charge in [-0.25, -0.2) is 4.98 Å². The van der Waals surface area contributed by atoms with Crippen molar-refractivity contribution in [3.05, 3.63) is 99.6 Å². The lowest BCUT2D eigenvalue weighted by molar-refractivity contribution is -0.132. The van der Waals surface area contributed by atoms with Crippen molar-refractivity contribution in [3.8, 4) is 0 Å². The molecule has 1 aromatic heterocycles. The number of Topliss-reactive ketones (excluding diaryl/α,β-unsaturated/α-hetero) is 1. The molecule has 33 heavy (non-hydrogen) atoms. The number of aliphatic hydroxyl groups is 1. The highest BCUT2D eigenvalue weighted by Crippen LogP contribution is 2.44. The number of halogens is 1. The van der Waals surface area contributed by atoms with Crippen LogP contribution in [0.5, 0.6) is 0 Å². The van der Waals surface area contributed by atoms with Gasteiger partial charge in [0.15, 0.2) is 5.13 Å². The van der Waals surface area contributed by atoms with Crippen LogP contribution >= 0.6 is 22.9 Å². The predicted molar refractivity (Wildman–Crippen MR) is 132 cm³/mol. The van der Waals surface area contributed by atoms with Crippen LogP contribution in [0.3, 0.4) is 0 Å². The number of amides is 1. The smallest absolute Gasteiger partial charge is 0.301 e. The van der Waals surface area contributed by atoms with Crippen molar-refractivity contribution in [1.82, 2.24) is 4.98 Å². The number of aryl methyl sites for hydroxylation is 2. The Morgan fingerprint density at radius 1 is 1.03 bits per heavy atom. The van der Waals surface area contributed by atoms with Gasteiger partial charge >= 0.3 is 5.91 Å². The first kappa shape index (κ1) is 21.4. The summed E-state index contributed by atoms with van der Waals surface area (Å²) >= 11 is 7.41. The van der Waals surface area contributed by atoms with E-state index in [0.717, 1.165) is 15.8 Å². The van der Waals surface area contributed by atoms with E-state index in [1.54, 1.807) is 18.2 Å². The van der Waals surface area contributed by atoms with E-state index in [1.165, 1.54) is 16.2 Å². The number of hydrogen-bond acceptors (Lipinski definition) is 5. The van der Waals surface area contributed by atoms with E-state index in [4.69, 9.17) is 11.6 Å². The number of anilines is 1. The molecular weight excluding hydrogens is 456 g/mol. The Morgan fingerprint density at radius 3 is 2.55 bits per heavy atom. The molecule has 1 aliphatic heterocycles. The molecule has 1 N–H and O–H groups in total. The molecule has 0 spiro atoms. The van der Waals surface area contributed by atoms with Crippen molar-refractivity contribution in [2.24, 2.45) is 0 Å². The zero-order chi connectivity index (χ0) is 23.3. The number of hydrogen-bond donors (Lipinski definition) is 1. The number of carbonyl (C=O) groups is 2. The molecule has 1 fully saturated rings. The van der Waals surface area contributed by atoms with E-state index >= 15 is 0 Å². The van der Waals surface area contributed by atoms with Gasteiger partial charge in [-0.2, -0.15) is 0 Å². The second-order valence-electron chi connectivity index (χ2n) is 8.01. The molecule has 1 amide bonds. The molecule has 0 radical (unpaired) electrons. The van der Waals surface area contributed by atoms with Gasteiger partial charge in [-0.05, 0) is 49.2 Å². The third kappa shape index (κ3) is 3.61. The minimum absolute atomic E-state index is 0.0530. The predicted octanol–water partition coefficient (Wildman–Crippen LogP) is 6.19. The van der Waals surface area contributed by atoms with Crippen LogP contribution < -0.4 is 4.90 Å². The third-order valence-electron chi connectivity index (χ3n) is 5.75. The Morgan fingerprint density at radius 2 is 1.79 bits per heavy atom. The van der Waals surface area contributed by atoms with Crippen molar-refractivity contribution in [1.29, 1.82) is 0 Å². The zero-order valence-corrected chi connectivity index (χ0v) is 19.4. The van der Waals surface area contributed by atoms with Crippen molar-refractivity contribution < 1.29 is 14.7 Å². The first-order valence-electron chi connectivity index (χ1n) is 10.3. The van der Waals surface area contributed by atoms with Gasteiger partial charge in [0.25, 0.3) is 5.78 Å². The van der Waals surface area contributed by atoms with Crippen LogP contribution in [-0.4, -0.2) is 21.8 Å². The van der Waals surface area contributed by atoms with Crippen LogP contribution in [0.4, 0.5) is 5.13 Å². The standard InChI is InChI=1S/C26H19ClN2O3S/c1-14-8-9-15(2)18(12-14)23(30)21-22(16-6-4-3-5-7-16)29(25(32)24(21)31)26-28-19-11-10-17(27)13-20(19)33-26/h3-13,22,30H,1-2H3/b23-21+. The number of fused-ring (bicyclic) bond motifs is 1. The van der Waals surface area contributed by atoms with Crippen molar-refractivity contribution in [2.75, 3.05) is 4.90 Å². The van der Waals surface area contributed by atoms with Gasteiger partial charge in [-0.15, -0.1) is 0 Å². The fraction of sp³-hybridized carbons (Fsp3) is 0.115. The first-order valence-corrected chi connectivity index (χ1v) is 11.5. The fourth-order valence-corrected chi connectivity index (χ4v) is 5.37. The molecule has 1 atom stereocenters. The summed E-state index contributed by atoms with van der Waals surface area (Å²) in [7, 11) is 0. The summed E-state index contributed by atoms with van der Waals surface area (Å²) in [6.45, 7) is 3.77. The number of benzene rings is 3. The third-order valence-corrected chi connectivity index (χ3v) is 7.01. The summed E-state index contributed by atoms with van der Waals surface area (Å²) in [5.41, 5.74) is 3.73. The van der Waals surface area contributed by atoms with E-state index in [0.29, 0.717) is 26.8 Å². The van der Waals surface area contributed by atoms with Gasteiger partial charge in [0.1, 0.15) is 5.76 Å². The van der Waals surface area contributed by atoms with Gasteiger partial charge in [0.05, 0.1) is 21.8 Å². The van der Waals surface area contributed by atoms with Gasteiger partial charge in [-0.1, -0.05) is 71.0 Å².